The lowest BCUT2D eigenvalue weighted by molar-refractivity contribution is -0.133. The fraction of sp³-hybridized carbons (Fsp3) is 0.857. The summed E-state index contributed by atoms with van der Waals surface area (Å²) in [6.45, 7) is 0. The van der Waals surface area contributed by atoms with E-state index in [0.29, 0.717) is 24.0 Å². The van der Waals surface area contributed by atoms with Crippen LogP contribution in [0.5, 0.6) is 0 Å². The van der Waals surface area contributed by atoms with Crippen molar-refractivity contribution in [3.05, 3.63) is 12.2 Å². The molecule has 3 rings (SSSR count). The van der Waals surface area contributed by atoms with Gasteiger partial charge in [-0.2, -0.15) is 0 Å². The van der Waals surface area contributed by atoms with Crippen LogP contribution < -0.4 is 0 Å². The summed E-state index contributed by atoms with van der Waals surface area (Å²) in [6.07, 6.45) is 16.7. The van der Waals surface area contributed by atoms with Crippen LogP contribution >= 0.6 is 11.8 Å². The Labute approximate surface area is 161 Å². The Balaban J connectivity index is 1.40. The maximum absolute atomic E-state index is 10.5. The summed E-state index contributed by atoms with van der Waals surface area (Å²) in [6, 6.07) is 0. The van der Waals surface area contributed by atoms with Gasteiger partial charge in [0.2, 0.25) is 0 Å². The van der Waals surface area contributed by atoms with Crippen molar-refractivity contribution in [3.8, 4) is 0 Å². The van der Waals surface area contributed by atoms with Gasteiger partial charge < -0.3 is 14.9 Å². The highest BCUT2D eigenvalue weighted by molar-refractivity contribution is 8.00. The van der Waals surface area contributed by atoms with Crippen molar-refractivity contribution in [1.29, 1.82) is 0 Å². The summed E-state index contributed by atoms with van der Waals surface area (Å²) < 4.78 is 6.17. The highest BCUT2D eigenvalue weighted by Gasteiger charge is 2.47. The van der Waals surface area contributed by atoms with Crippen LogP contribution in [0.1, 0.15) is 64.2 Å². The van der Waals surface area contributed by atoms with Gasteiger partial charge in [-0.05, 0) is 56.3 Å². The van der Waals surface area contributed by atoms with Crippen molar-refractivity contribution in [3.63, 3.8) is 0 Å². The molecule has 26 heavy (non-hydrogen) atoms. The average molecular weight is 383 g/mol. The number of aliphatic hydroxyl groups is 1. The third kappa shape index (κ3) is 5.74. The summed E-state index contributed by atoms with van der Waals surface area (Å²) in [5, 5.41) is 19.1. The van der Waals surface area contributed by atoms with Gasteiger partial charge in [-0.1, -0.05) is 37.8 Å². The molecule has 1 unspecified atom stereocenters. The number of carboxylic acid groups (broad SMARTS) is 1. The lowest BCUT2D eigenvalue weighted by atomic mass is 9.75. The number of ether oxygens (including phenoxy) is 1. The lowest BCUT2D eigenvalue weighted by Gasteiger charge is -2.28. The molecule has 2 heterocycles. The van der Waals surface area contributed by atoms with Gasteiger partial charge in [-0.3, -0.25) is 4.79 Å². The normalized spacial score (nSPS) is 32.7. The minimum atomic E-state index is -0.749. The van der Waals surface area contributed by atoms with Crippen molar-refractivity contribution in [2.24, 2.45) is 17.8 Å². The largest absolute Gasteiger partial charge is 0.481 e. The molecule has 2 bridgehead atoms. The number of carboxylic acids is 1. The molecule has 2 aliphatic heterocycles. The second-order valence-electron chi connectivity index (χ2n) is 8.35. The highest BCUT2D eigenvalue weighted by Crippen LogP contribution is 2.47. The summed E-state index contributed by atoms with van der Waals surface area (Å²) in [5.41, 5.74) is 0. The number of rotatable bonds is 11. The van der Waals surface area contributed by atoms with E-state index in [0.717, 1.165) is 37.4 Å². The summed E-state index contributed by atoms with van der Waals surface area (Å²) in [5.74, 6) is 2.10. The van der Waals surface area contributed by atoms with Gasteiger partial charge in [-0.15, -0.1) is 11.8 Å². The zero-order valence-corrected chi connectivity index (χ0v) is 16.5. The van der Waals surface area contributed by atoms with Gasteiger partial charge in [0.25, 0.3) is 0 Å². The maximum Gasteiger partial charge on any atom is 0.313 e. The van der Waals surface area contributed by atoms with Gasteiger partial charge in [0.05, 0.1) is 24.1 Å². The minimum absolute atomic E-state index is 0.138. The molecule has 4 nitrogen and oxygen atoms in total. The second kappa shape index (κ2) is 10.1. The Morgan fingerprint density at radius 2 is 1.85 bits per heavy atom. The van der Waals surface area contributed by atoms with E-state index in [4.69, 9.17) is 9.84 Å². The van der Waals surface area contributed by atoms with E-state index in [1.807, 2.05) is 0 Å². The molecule has 0 amide bonds. The van der Waals surface area contributed by atoms with Crippen LogP contribution in [0.3, 0.4) is 0 Å². The minimum Gasteiger partial charge on any atom is -0.481 e. The Kier molecular flexibility index (Phi) is 7.89. The molecule has 5 heteroatoms. The van der Waals surface area contributed by atoms with Gasteiger partial charge in [0.15, 0.2) is 0 Å². The molecule has 0 aromatic carbocycles. The number of aliphatic hydroxyl groups excluding tert-OH is 1. The average Bonchev–Trinajstić information content (AvgIpc) is 3.33. The zero-order chi connectivity index (χ0) is 18.4. The summed E-state index contributed by atoms with van der Waals surface area (Å²) in [4.78, 5) is 10.5. The third-order valence-corrected chi connectivity index (χ3v) is 7.40. The molecule has 2 saturated heterocycles. The number of aliphatic carboxylic acids is 1. The van der Waals surface area contributed by atoms with E-state index < -0.39 is 5.97 Å². The molecule has 148 valence electrons. The van der Waals surface area contributed by atoms with Gasteiger partial charge in [0, 0.05) is 5.75 Å². The predicted octanol–water partition coefficient (Wildman–Crippen LogP) is 4.27. The summed E-state index contributed by atoms with van der Waals surface area (Å²) in [7, 11) is 0. The van der Waals surface area contributed by atoms with E-state index >= 15 is 0 Å². The quantitative estimate of drug-likeness (QED) is 0.413. The molecule has 1 aliphatic carbocycles. The Bertz CT molecular complexity index is 475. The van der Waals surface area contributed by atoms with Crippen LogP contribution in [0.4, 0.5) is 0 Å². The van der Waals surface area contributed by atoms with Crippen LogP contribution in [0.15, 0.2) is 12.2 Å². The molecule has 3 fully saturated rings. The Morgan fingerprint density at radius 3 is 2.58 bits per heavy atom. The first-order chi connectivity index (χ1) is 12.6. The van der Waals surface area contributed by atoms with E-state index in [9.17, 15) is 9.90 Å². The molecular weight excluding hydrogens is 348 g/mol. The van der Waals surface area contributed by atoms with Gasteiger partial charge in [0.1, 0.15) is 0 Å². The molecule has 0 radical (unpaired) electrons. The number of carbonyl (C=O) groups is 1. The van der Waals surface area contributed by atoms with Crippen LogP contribution in [0.2, 0.25) is 0 Å². The topological polar surface area (TPSA) is 66.8 Å². The first-order valence-corrected chi connectivity index (χ1v) is 11.6. The van der Waals surface area contributed by atoms with Crippen LogP contribution in [0, 0.1) is 17.8 Å². The standard InChI is InChI=1S/C21H34O4S/c22-16(13-15-5-1-2-6-15)8-9-18-17(19-10-11-20(18)25-19)7-3-4-12-26-14-21(23)24/h3-4,15-20,22H,1-2,5-14H2,(H,23,24)/b4-3+/t16?,17-,18+,19-,20+/m0/s1. The maximum atomic E-state index is 10.5. The molecule has 0 spiro atoms. The van der Waals surface area contributed by atoms with Gasteiger partial charge in [-0.25, -0.2) is 0 Å². The molecular formula is C21H34O4S. The summed E-state index contributed by atoms with van der Waals surface area (Å²) >= 11 is 1.44. The monoisotopic (exact) mass is 382 g/mol. The number of thioether (sulfide) groups is 1. The third-order valence-electron chi connectivity index (χ3n) is 6.52. The van der Waals surface area contributed by atoms with E-state index in [1.54, 1.807) is 0 Å². The Hall–Kier alpha value is -0.520. The number of hydrogen-bond acceptors (Lipinski definition) is 4. The molecule has 1 saturated carbocycles. The van der Waals surface area contributed by atoms with Crippen molar-refractivity contribution >= 4 is 17.7 Å². The SMILES string of the molecule is O=C(O)CSC/C=C/C[C@H]1[C@@H](CCC(O)CC2CCCC2)[C@H]2CC[C@@H]1O2. The smallest absolute Gasteiger partial charge is 0.313 e. The van der Waals surface area contributed by atoms with Gasteiger partial charge >= 0.3 is 5.97 Å². The second-order valence-corrected chi connectivity index (χ2v) is 9.38. The van der Waals surface area contributed by atoms with Crippen molar-refractivity contribution in [2.75, 3.05) is 11.5 Å². The number of fused-ring (bicyclic) bond motifs is 2. The van der Waals surface area contributed by atoms with Crippen LogP contribution in [-0.2, 0) is 9.53 Å². The number of allylic oxidation sites excluding steroid dienone is 1. The predicted molar refractivity (Wildman–Crippen MR) is 105 cm³/mol. The van der Waals surface area contributed by atoms with Crippen molar-refractivity contribution in [1.82, 2.24) is 0 Å². The fourth-order valence-electron chi connectivity index (χ4n) is 5.27. The van der Waals surface area contributed by atoms with Crippen molar-refractivity contribution < 1.29 is 19.7 Å². The van der Waals surface area contributed by atoms with E-state index in [2.05, 4.69) is 12.2 Å². The first-order valence-electron chi connectivity index (χ1n) is 10.4. The zero-order valence-electron chi connectivity index (χ0n) is 15.7. The molecule has 0 aromatic rings. The number of hydrogen-bond donors (Lipinski definition) is 2. The highest BCUT2D eigenvalue weighted by atomic mass is 32.2. The molecule has 2 N–H and O–H groups in total. The van der Waals surface area contributed by atoms with E-state index in [-0.39, 0.29) is 11.9 Å². The van der Waals surface area contributed by atoms with Crippen molar-refractivity contribution in [2.45, 2.75) is 82.5 Å². The van der Waals surface area contributed by atoms with E-state index in [1.165, 1.54) is 50.3 Å². The molecule has 3 aliphatic rings. The molecule has 5 atom stereocenters. The molecule has 0 aromatic heterocycles. The van der Waals surface area contributed by atoms with Crippen LogP contribution in [0.25, 0.3) is 0 Å². The Morgan fingerprint density at radius 1 is 1.12 bits per heavy atom. The fourth-order valence-corrected chi connectivity index (χ4v) is 5.83. The first kappa shape index (κ1) is 20.2. The lowest BCUT2D eigenvalue weighted by Crippen LogP contribution is -2.28. The van der Waals surface area contributed by atoms with Crippen LogP contribution in [-0.4, -0.2) is 46.0 Å².